The van der Waals surface area contributed by atoms with E-state index in [0.29, 0.717) is 18.4 Å². The lowest BCUT2D eigenvalue weighted by atomic mass is 9.89. The standard InChI is InChI=1S/C24H31N3O2/c1-17(28)27-15-21-14-26(13-19-5-3-18(4-6-19)11-12-25)16-23(21)24(27)20-7-9-22(29-2)10-8-20/h3-10,21,23-24H,11-16,25H2,1-2H3/t21-,23-,24+/m1/s1. The van der Waals surface area contributed by atoms with Crippen LogP contribution in [0.5, 0.6) is 5.75 Å². The number of hydrogen-bond acceptors (Lipinski definition) is 4. The Balaban J connectivity index is 1.48. The van der Waals surface area contributed by atoms with Crippen molar-refractivity contribution < 1.29 is 9.53 Å². The van der Waals surface area contributed by atoms with Crippen LogP contribution in [-0.4, -0.2) is 49.0 Å². The van der Waals surface area contributed by atoms with Gasteiger partial charge in [-0.25, -0.2) is 0 Å². The molecule has 3 atom stereocenters. The summed E-state index contributed by atoms with van der Waals surface area (Å²) >= 11 is 0. The van der Waals surface area contributed by atoms with E-state index < -0.39 is 0 Å². The molecule has 2 N–H and O–H groups in total. The van der Waals surface area contributed by atoms with Crippen molar-refractivity contribution in [3.63, 3.8) is 0 Å². The van der Waals surface area contributed by atoms with Crippen LogP contribution in [0.25, 0.3) is 0 Å². The van der Waals surface area contributed by atoms with Crippen LogP contribution in [0.1, 0.15) is 29.7 Å². The molecule has 5 heteroatoms. The van der Waals surface area contributed by atoms with Crippen molar-refractivity contribution in [1.29, 1.82) is 0 Å². The first-order valence-corrected chi connectivity index (χ1v) is 10.5. The molecule has 0 spiro atoms. The molecule has 0 bridgehead atoms. The normalized spacial score (nSPS) is 24.0. The lowest BCUT2D eigenvalue weighted by Gasteiger charge is -2.29. The van der Waals surface area contributed by atoms with E-state index in [0.717, 1.165) is 38.3 Å². The first kappa shape index (κ1) is 19.9. The summed E-state index contributed by atoms with van der Waals surface area (Å²) in [6.07, 6.45) is 0.929. The highest BCUT2D eigenvalue weighted by Crippen LogP contribution is 2.45. The highest BCUT2D eigenvalue weighted by Gasteiger charge is 2.48. The number of fused-ring (bicyclic) bond motifs is 1. The fourth-order valence-corrected chi connectivity index (χ4v) is 5.05. The van der Waals surface area contributed by atoms with Crippen molar-refractivity contribution in [2.24, 2.45) is 17.6 Å². The van der Waals surface area contributed by atoms with Gasteiger partial charge in [0.2, 0.25) is 5.91 Å². The van der Waals surface area contributed by atoms with Gasteiger partial charge in [-0.1, -0.05) is 36.4 Å². The average molecular weight is 394 g/mol. The van der Waals surface area contributed by atoms with Crippen molar-refractivity contribution in [2.45, 2.75) is 25.9 Å². The molecule has 2 aromatic rings. The average Bonchev–Trinajstić information content (AvgIpc) is 3.27. The molecule has 0 aromatic heterocycles. The lowest BCUT2D eigenvalue weighted by Crippen LogP contribution is -2.34. The minimum absolute atomic E-state index is 0.153. The largest absolute Gasteiger partial charge is 0.497 e. The summed E-state index contributed by atoms with van der Waals surface area (Å²) in [5, 5.41) is 0. The summed E-state index contributed by atoms with van der Waals surface area (Å²) in [6.45, 7) is 6.27. The van der Waals surface area contributed by atoms with E-state index in [4.69, 9.17) is 10.5 Å². The molecule has 2 aromatic carbocycles. The Hall–Kier alpha value is -2.37. The fraction of sp³-hybridized carbons (Fsp3) is 0.458. The molecule has 2 heterocycles. The quantitative estimate of drug-likeness (QED) is 0.820. The SMILES string of the molecule is COc1ccc([C@H]2[C@@H]3CN(Cc4ccc(CCN)cc4)C[C@@H]3CN2C(C)=O)cc1. The predicted octanol–water partition coefficient (Wildman–Crippen LogP) is 2.85. The van der Waals surface area contributed by atoms with Gasteiger partial charge in [-0.3, -0.25) is 9.69 Å². The molecule has 1 amide bonds. The molecule has 5 nitrogen and oxygen atoms in total. The van der Waals surface area contributed by atoms with E-state index in [9.17, 15) is 4.79 Å². The summed E-state index contributed by atoms with van der Waals surface area (Å²) in [4.78, 5) is 16.9. The van der Waals surface area contributed by atoms with Gasteiger partial charge in [0.1, 0.15) is 5.75 Å². The highest BCUT2D eigenvalue weighted by molar-refractivity contribution is 5.74. The van der Waals surface area contributed by atoms with Crippen LogP contribution in [0.4, 0.5) is 0 Å². The second kappa shape index (κ2) is 8.56. The molecule has 2 saturated heterocycles. The van der Waals surface area contributed by atoms with E-state index in [1.807, 2.05) is 12.1 Å². The number of hydrogen-bond donors (Lipinski definition) is 1. The number of ether oxygens (including phenoxy) is 1. The number of nitrogens with two attached hydrogens (primary N) is 1. The minimum Gasteiger partial charge on any atom is -0.497 e. The van der Waals surface area contributed by atoms with Crippen molar-refractivity contribution in [1.82, 2.24) is 9.80 Å². The second-order valence-corrected chi connectivity index (χ2v) is 8.36. The zero-order valence-electron chi connectivity index (χ0n) is 17.4. The van der Waals surface area contributed by atoms with E-state index in [1.165, 1.54) is 16.7 Å². The molecule has 0 unspecified atom stereocenters. The Labute approximate surface area is 173 Å². The van der Waals surface area contributed by atoms with E-state index >= 15 is 0 Å². The van der Waals surface area contributed by atoms with Crippen LogP contribution >= 0.6 is 0 Å². The molecule has 2 aliphatic rings. The number of benzene rings is 2. The molecule has 29 heavy (non-hydrogen) atoms. The Bertz CT molecular complexity index is 834. The van der Waals surface area contributed by atoms with Gasteiger partial charge >= 0.3 is 0 Å². The second-order valence-electron chi connectivity index (χ2n) is 8.36. The third-order valence-electron chi connectivity index (χ3n) is 6.46. The summed E-state index contributed by atoms with van der Waals surface area (Å²) in [6, 6.07) is 17.2. The Morgan fingerprint density at radius 1 is 1.03 bits per heavy atom. The van der Waals surface area contributed by atoms with E-state index in [-0.39, 0.29) is 11.9 Å². The first-order chi connectivity index (χ1) is 14.1. The Morgan fingerprint density at radius 2 is 1.72 bits per heavy atom. The number of carbonyl (C=O) groups excluding carboxylic acids is 1. The van der Waals surface area contributed by atoms with Crippen molar-refractivity contribution in [3.05, 3.63) is 65.2 Å². The van der Waals surface area contributed by atoms with Crippen LogP contribution in [0.15, 0.2) is 48.5 Å². The van der Waals surface area contributed by atoms with Gasteiger partial charge in [0.15, 0.2) is 0 Å². The van der Waals surface area contributed by atoms with Crippen LogP contribution in [0.3, 0.4) is 0 Å². The zero-order valence-corrected chi connectivity index (χ0v) is 17.4. The summed E-state index contributed by atoms with van der Waals surface area (Å²) in [5.74, 6) is 2.03. The van der Waals surface area contributed by atoms with Gasteiger partial charge in [0.05, 0.1) is 13.2 Å². The number of carbonyl (C=O) groups is 1. The molecular weight excluding hydrogens is 362 g/mol. The van der Waals surface area contributed by atoms with Gasteiger partial charge in [0, 0.05) is 39.0 Å². The van der Waals surface area contributed by atoms with Crippen molar-refractivity contribution >= 4 is 5.91 Å². The van der Waals surface area contributed by atoms with Crippen LogP contribution in [0, 0.1) is 11.8 Å². The number of nitrogens with zero attached hydrogens (tertiary/aromatic N) is 2. The summed E-state index contributed by atoms with van der Waals surface area (Å²) < 4.78 is 5.30. The van der Waals surface area contributed by atoms with Crippen LogP contribution in [-0.2, 0) is 17.8 Å². The van der Waals surface area contributed by atoms with Crippen LogP contribution in [0.2, 0.25) is 0 Å². The van der Waals surface area contributed by atoms with E-state index in [1.54, 1.807) is 14.0 Å². The maximum absolute atomic E-state index is 12.3. The number of methoxy groups -OCH3 is 1. The first-order valence-electron chi connectivity index (χ1n) is 10.5. The molecule has 154 valence electrons. The van der Waals surface area contributed by atoms with E-state index in [2.05, 4.69) is 46.2 Å². The maximum Gasteiger partial charge on any atom is 0.219 e. The number of rotatable bonds is 6. The maximum atomic E-state index is 12.3. The fourth-order valence-electron chi connectivity index (χ4n) is 5.05. The topological polar surface area (TPSA) is 58.8 Å². The molecular formula is C24H31N3O2. The van der Waals surface area contributed by atoms with Gasteiger partial charge < -0.3 is 15.4 Å². The van der Waals surface area contributed by atoms with Crippen molar-refractivity contribution in [2.75, 3.05) is 33.3 Å². The number of amides is 1. The third-order valence-corrected chi connectivity index (χ3v) is 6.46. The molecule has 0 saturated carbocycles. The predicted molar refractivity (Wildman–Crippen MR) is 115 cm³/mol. The molecule has 4 rings (SSSR count). The van der Waals surface area contributed by atoms with Crippen molar-refractivity contribution in [3.8, 4) is 5.75 Å². The monoisotopic (exact) mass is 393 g/mol. The summed E-state index contributed by atoms with van der Waals surface area (Å²) in [7, 11) is 1.68. The van der Waals surface area contributed by atoms with Gasteiger partial charge in [-0.15, -0.1) is 0 Å². The Kier molecular flexibility index (Phi) is 5.88. The van der Waals surface area contributed by atoms with Gasteiger partial charge in [0.25, 0.3) is 0 Å². The minimum atomic E-state index is 0.153. The Morgan fingerprint density at radius 3 is 2.34 bits per heavy atom. The molecule has 2 aliphatic heterocycles. The highest BCUT2D eigenvalue weighted by atomic mass is 16.5. The molecule has 2 fully saturated rings. The van der Waals surface area contributed by atoms with Crippen LogP contribution < -0.4 is 10.5 Å². The van der Waals surface area contributed by atoms with Gasteiger partial charge in [-0.2, -0.15) is 0 Å². The number of likely N-dealkylation sites (tertiary alicyclic amines) is 2. The zero-order chi connectivity index (χ0) is 20.4. The molecule has 0 radical (unpaired) electrons. The lowest BCUT2D eigenvalue weighted by molar-refractivity contribution is -0.130. The smallest absolute Gasteiger partial charge is 0.219 e. The molecule has 0 aliphatic carbocycles. The third kappa shape index (κ3) is 4.16. The van der Waals surface area contributed by atoms with Gasteiger partial charge in [-0.05, 0) is 47.7 Å². The summed E-state index contributed by atoms with van der Waals surface area (Å²) in [5.41, 5.74) is 9.50.